The van der Waals surface area contributed by atoms with Crippen molar-refractivity contribution in [3.05, 3.63) is 81.8 Å². The molecule has 2 aromatic carbocycles. The van der Waals surface area contributed by atoms with Crippen LogP contribution in [0.2, 0.25) is 5.02 Å². The standard InChI is InChI=1S/C27H24ClN5O4/c1-16-31-24-11-21(23-6-8-29-15-30-23)25(37-20-7-9-32-19(10-20)14-36-27(32)35)12-22(24)26(34)33(16)13-17-2-4-18(28)5-3-17/h2-6,8,11-12,15,19-20H,7,9-10,13-14H2,1H3/t19-,20-/m0/s1. The summed E-state index contributed by atoms with van der Waals surface area (Å²) in [7, 11) is 0. The van der Waals surface area contributed by atoms with Gasteiger partial charge in [-0.05, 0) is 42.8 Å². The monoisotopic (exact) mass is 517 g/mol. The molecule has 0 spiro atoms. The number of hydrogen-bond donors (Lipinski definition) is 0. The number of piperidine rings is 1. The van der Waals surface area contributed by atoms with Gasteiger partial charge in [0.15, 0.2) is 0 Å². The van der Waals surface area contributed by atoms with Crippen LogP contribution in [0.1, 0.15) is 24.2 Å². The minimum atomic E-state index is -0.265. The first-order valence-electron chi connectivity index (χ1n) is 12.1. The number of fused-ring (bicyclic) bond motifs is 2. The molecule has 10 heteroatoms. The van der Waals surface area contributed by atoms with Crippen molar-refractivity contribution < 1.29 is 14.3 Å². The highest BCUT2D eigenvalue weighted by Crippen LogP contribution is 2.35. The Bertz CT molecular complexity index is 1540. The van der Waals surface area contributed by atoms with Crippen LogP contribution in [0.5, 0.6) is 5.75 Å². The lowest BCUT2D eigenvalue weighted by Crippen LogP contribution is -2.44. The van der Waals surface area contributed by atoms with Crippen LogP contribution < -0.4 is 10.3 Å². The van der Waals surface area contributed by atoms with Crippen LogP contribution in [0.4, 0.5) is 4.79 Å². The third kappa shape index (κ3) is 4.51. The highest BCUT2D eigenvalue weighted by atomic mass is 35.5. The van der Waals surface area contributed by atoms with Gasteiger partial charge in [0.2, 0.25) is 0 Å². The van der Waals surface area contributed by atoms with E-state index < -0.39 is 0 Å². The molecule has 0 unspecified atom stereocenters. The smallest absolute Gasteiger partial charge is 0.410 e. The van der Waals surface area contributed by atoms with Crippen molar-refractivity contribution in [1.82, 2.24) is 24.4 Å². The van der Waals surface area contributed by atoms with Crippen molar-refractivity contribution >= 4 is 28.6 Å². The Kier molecular flexibility index (Phi) is 6.00. The average molecular weight is 518 g/mol. The summed E-state index contributed by atoms with van der Waals surface area (Å²) >= 11 is 6.02. The zero-order valence-electron chi connectivity index (χ0n) is 20.1. The highest BCUT2D eigenvalue weighted by molar-refractivity contribution is 6.30. The molecular weight excluding hydrogens is 494 g/mol. The molecule has 1 amide bonds. The number of aryl methyl sites for hydroxylation is 1. The third-order valence-electron chi connectivity index (χ3n) is 6.95. The molecular formula is C27H24ClN5O4. The summed E-state index contributed by atoms with van der Waals surface area (Å²) in [5, 5.41) is 1.10. The van der Waals surface area contributed by atoms with Crippen LogP contribution in [0.15, 0.2) is 59.8 Å². The first-order valence-corrected chi connectivity index (χ1v) is 12.5. The topological polar surface area (TPSA) is 99.4 Å². The van der Waals surface area contributed by atoms with E-state index in [0.717, 1.165) is 11.1 Å². The first kappa shape index (κ1) is 23.4. The Morgan fingerprint density at radius 2 is 2.00 bits per heavy atom. The van der Waals surface area contributed by atoms with Gasteiger partial charge in [0.05, 0.1) is 29.2 Å². The molecule has 2 aromatic heterocycles. The number of benzene rings is 2. The van der Waals surface area contributed by atoms with Crippen molar-refractivity contribution in [3.8, 4) is 17.0 Å². The fourth-order valence-electron chi connectivity index (χ4n) is 5.02. The molecule has 2 fully saturated rings. The Hall–Kier alpha value is -3.98. The van der Waals surface area contributed by atoms with Gasteiger partial charge in [-0.2, -0.15) is 0 Å². The predicted molar refractivity (Wildman–Crippen MR) is 138 cm³/mol. The van der Waals surface area contributed by atoms with Gasteiger partial charge in [0, 0.05) is 36.2 Å². The molecule has 2 atom stereocenters. The molecule has 2 saturated heterocycles. The highest BCUT2D eigenvalue weighted by Gasteiger charge is 2.39. The number of rotatable bonds is 5. The van der Waals surface area contributed by atoms with Crippen molar-refractivity contribution in [2.45, 2.75) is 38.5 Å². The zero-order chi connectivity index (χ0) is 25.5. The van der Waals surface area contributed by atoms with E-state index in [1.165, 1.54) is 6.33 Å². The van der Waals surface area contributed by atoms with Crippen LogP contribution in [-0.4, -0.2) is 55.8 Å². The van der Waals surface area contributed by atoms with E-state index in [4.69, 9.17) is 26.1 Å². The summed E-state index contributed by atoms with van der Waals surface area (Å²) in [6, 6.07) is 12.8. The number of amides is 1. The fourth-order valence-corrected chi connectivity index (χ4v) is 5.14. The molecule has 188 valence electrons. The normalized spacial score (nSPS) is 19.1. The molecule has 9 nitrogen and oxygen atoms in total. The number of ether oxygens (including phenoxy) is 2. The molecule has 2 aliphatic rings. The van der Waals surface area contributed by atoms with E-state index in [2.05, 4.69) is 9.97 Å². The molecule has 2 aliphatic heterocycles. The Morgan fingerprint density at radius 1 is 1.16 bits per heavy atom. The Balaban J connectivity index is 1.41. The van der Waals surface area contributed by atoms with Gasteiger partial charge in [-0.25, -0.2) is 19.7 Å². The quantitative estimate of drug-likeness (QED) is 0.390. The number of carbonyl (C=O) groups excluding carboxylic acids is 1. The minimum Gasteiger partial charge on any atom is -0.490 e. The maximum atomic E-state index is 13.7. The summed E-state index contributed by atoms with van der Waals surface area (Å²) < 4.78 is 13.4. The average Bonchev–Trinajstić information content (AvgIpc) is 3.28. The van der Waals surface area contributed by atoms with Crippen LogP contribution in [-0.2, 0) is 11.3 Å². The maximum absolute atomic E-state index is 13.7. The van der Waals surface area contributed by atoms with Gasteiger partial charge in [-0.3, -0.25) is 9.36 Å². The van der Waals surface area contributed by atoms with E-state index in [-0.39, 0.29) is 23.8 Å². The zero-order valence-corrected chi connectivity index (χ0v) is 20.9. The van der Waals surface area contributed by atoms with Gasteiger partial charge in [0.25, 0.3) is 5.56 Å². The van der Waals surface area contributed by atoms with Crippen molar-refractivity contribution in [2.75, 3.05) is 13.2 Å². The van der Waals surface area contributed by atoms with Gasteiger partial charge in [-0.1, -0.05) is 23.7 Å². The van der Waals surface area contributed by atoms with Gasteiger partial charge < -0.3 is 14.4 Å². The van der Waals surface area contributed by atoms with E-state index in [9.17, 15) is 9.59 Å². The van der Waals surface area contributed by atoms with Crippen LogP contribution in [0.3, 0.4) is 0 Å². The number of hydrogen-bond acceptors (Lipinski definition) is 7. The fraction of sp³-hybridized carbons (Fsp3) is 0.296. The molecule has 0 bridgehead atoms. The number of aromatic nitrogens is 4. The number of cyclic esters (lactones) is 1. The minimum absolute atomic E-state index is 0.00451. The van der Waals surface area contributed by atoms with Crippen LogP contribution >= 0.6 is 11.6 Å². The van der Waals surface area contributed by atoms with E-state index in [1.807, 2.05) is 25.1 Å². The lowest BCUT2D eigenvalue weighted by Gasteiger charge is -2.33. The second-order valence-electron chi connectivity index (χ2n) is 9.33. The molecule has 37 heavy (non-hydrogen) atoms. The molecule has 4 aromatic rings. The number of halogens is 1. The summed E-state index contributed by atoms with van der Waals surface area (Å²) in [6.07, 6.45) is 4.06. The maximum Gasteiger partial charge on any atom is 0.410 e. The van der Waals surface area contributed by atoms with Gasteiger partial charge >= 0.3 is 6.09 Å². The first-order chi connectivity index (χ1) is 18.0. The molecule has 4 heterocycles. The second-order valence-corrected chi connectivity index (χ2v) is 9.76. The SMILES string of the molecule is Cc1nc2cc(-c3ccncn3)c(O[C@H]3CCN4C(=O)OC[C@@H]4C3)cc2c(=O)n1Cc1ccc(Cl)cc1. The lowest BCUT2D eigenvalue weighted by molar-refractivity contribution is 0.0941. The van der Waals surface area contributed by atoms with Crippen molar-refractivity contribution in [3.63, 3.8) is 0 Å². The van der Waals surface area contributed by atoms with Crippen LogP contribution in [0.25, 0.3) is 22.2 Å². The Labute approximate surface area is 217 Å². The summed E-state index contributed by atoms with van der Waals surface area (Å²) in [5.41, 5.74) is 2.78. The number of nitrogens with zero attached hydrogens (tertiary/aromatic N) is 5. The Morgan fingerprint density at radius 3 is 2.78 bits per heavy atom. The summed E-state index contributed by atoms with van der Waals surface area (Å²) in [5.74, 6) is 1.16. The third-order valence-corrected chi connectivity index (χ3v) is 7.21. The van der Waals surface area contributed by atoms with Gasteiger partial charge in [-0.15, -0.1) is 0 Å². The molecule has 6 rings (SSSR count). The largest absolute Gasteiger partial charge is 0.490 e. The van der Waals surface area contributed by atoms with E-state index >= 15 is 0 Å². The molecule has 0 radical (unpaired) electrons. The second kappa shape index (κ2) is 9.48. The van der Waals surface area contributed by atoms with Crippen LogP contribution in [0, 0.1) is 6.92 Å². The summed E-state index contributed by atoms with van der Waals surface area (Å²) in [4.78, 5) is 40.5. The van der Waals surface area contributed by atoms with E-state index in [0.29, 0.717) is 65.7 Å². The number of carbonyl (C=O) groups is 1. The van der Waals surface area contributed by atoms with Crippen molar-refractivity contribution in [1.29, 1.82) is 0 Å². The lowest BCUT2D eigenvalue weighted by atomic mass is 10.0. The van der Waals surface area contributed by atoms with Gasteiger partial charge in [0.1, 0.15) is 30.6 Å². The summed E-state index contributed by atoms with van der Waals surface area (Å²) in [6.45, 7) is 3.14. The van der Waals surface area contributed by atoms with E-state index in [1.54, 1.807) is 39.9 Å². The molecule has 0 aliphatic carbocycles. The molecule has 0 N–H and O–H groups in total. The van der Waals surface area contributed by atoms with Crippen molar-refractivity contribution in [2.24, 2.45) is 0 Å². The predicted octanol–water partition coefficient (Wildman–Crippen LogP) is 4.23. The molecule has 0 saturated carbocycles.